The maximum atomic E-state index is 8.79. The number of nitrogens with one attached hydrogen (secondary N) is 1. The summed E-state index contributed by atoms with van der Waals surface area (Å²) in [5, 5.41) is 20.5. The molecule has 0 aliphatic heterocycles. The highest BCUT2D eigenvalue weighted by molar-refractivity contribution is 4.79. The maximum absolute atomic E-state index is 8.79. The number of rotatable bonds is 6. The number of hydrogen-bond acceptors (Lipinski definition) is 3. The Labute approximate surface area is 80.8 Å². The van der Waals surface area contributed by atoms with E-state index < -0.39 is 0 Å². The Morgan fingerprint density at radius 1 is 1.54 bits per heavy atom. The van der Waals surface area contributed by atoms with E-state index in [4.69, 9.17) is 10.4 Å². The van der Waals surface area contributed by atoms with Crippen LogP contribution < -0.4 is 5.32 Å². The van der Waals surface area contributed by atoms with Gasteiger partial charge in [-0.15, -0.1) is 0 Å². The second-order valence-electron chi connectivity index (χ2n) is 4.29. The zero-order valence-corrected chi connectivity index (χ0v) is 8.80. The van der Waals surface area contributed by atoms with Gasteiger partial charge in [-0.3, -0.25) is 0 Å². The van der Waals surface area contributed by atoms with Gasteiger partial charge in [0.1, 0.15) is 0 Å². The van der Waals surface area contributed by atoms with Gasteiger partial charge in [-0.05, 0) is 18.8 Å². The third kappa shape index (κ3) is 6.56. The molecule has 0 saturated carbocycles. The average Bonchev–Trinajstić information content (AvgIpc) is 2.11. The second kappa shape index (κ2) is 5.95. The number of aliphatic hydroxyl groups excluding tert-OH is 1. The van der Waals surface area contributed by atoms with Gasteiger partial charge >= 0.3 is 0 Å². The molecule has 0 radical (unpaired) electrons. The van der Waals surface area contributed by atoms with Crippen molar-refractivity contribution in [2.45, 2.75) is 39.7 Å². The highest BCUT2D eigenvalue weighted by atomic mass is 16.3. The average molecular weight is 184 g/mol. The topological polar surface area (TPSA) is 56.0 Å². The second-order valence-corrected chi connectivity index (χ2v) is 4.29. The van der Waals surface area contributed by atoms with Crippen LogP contribution in [-0.2, 0) is 0 Å². The van der Waals surface area contributed by atoms with Crippen LogP contribution >= 0.6 is 0 Å². The third-order valence-electron chi connectivity index (χ3n) is 2.12. The number of nitrogens with zero attached hydrogens (tertiary/aromatic N) is 1. The van der Waals surface area contributed by atoms with Crippen molar-refractivity contribution in [1.82, 2.24) is 5.32 Å². The smallest absolute Gasteiger partial charge is 0.0621 e. The van der Waals surface area contributed by atoms with E-state index in [1.165, 1.54) is 0 Å². The van der Waals surface area contributed by atoms with Gasteiger partial charge in [0.25, 0.3) is 0 Å². The summed E-state index contributed by atoms with van der Waals surface area (Å²) in [6, 6.07) is 2.29. The van der Waals surface area contributed by atoms with Gasteiger partial charge in [0.05, 0.1) is 12.7 Å². The van der Waals surface area contributed by atoms with E-state index >= 15 is 0 Å². The van der Waals surface area contributed by atoms with E-state index in [9.17, 15) is 0 Å². The standard InChI is InChI=1S/C10H20N2O/c1-9(7-13)12-8-10(2,3)5-4-6-11/h9,12-13H,4-5,7-8H2,1-3H3/t9-/m0/s1. The number of nitriles is 1. The van der Waals surface area contributed by atoms with Crippen LogP contribution in [-0.4, -0.2) is 24.3 Å². The van der Waals surface area contributed by atoms with E-state index in [2.05, 4.69) is 25.2 Å². The Balaban J connectivity index is 3.69. The highest BCUT2D eigenvalue weighted by Gasteiger charge is 2.17. The first kappa shape index (κ1) is 12.4. The fourth-order valence-electron chi connectivity index (χ4n) is 0.998. The van der Waals surface area contributed by atoms with Crippen LogP contribution in [0.15, 0.2) is 0 Å². The summed E-state index contributed by atoms with van der Waals surface area (Å²) >= 11 is 0. The van der Waals surface area contributed by atoms with Crippen molar-refractivity contribution in [3.8, 4) is 6.07 Å². The molecule has 0 spiro atoms. The molecule has 76 valence electrons. The van der Waals surface area contributed by atoms with Gasteiger partial charge in [-0.2, -0.15) is 5.26 Å². The van der Waals surface area contributed by atoms with Crippen LogP contribution in [0.5, 0.6) is 0 Å². The Morgan fingerprint density at radius 3 is 2.62 bits per heavy atom. The van der Waals surface area contributed by atoms with Crippen molar-refractivity contribution in [2.24, 2.45) is 5.41 Å². The first-order valence-corrected chi connectivity index (χ1v) is 4.73. The van der Waals surface area contributed by atoms with E-state index in [1.54, 1.807) is 0 Å². The molecule has 0 amide bonds. The molecule has 0 bridgehead atoms. The molecule has 0 saturated heterocycles. The zero-order chi connectivity index (χ0) is 10.3. The summed E-state index contributed by atoms with van der Waals surface area (Å²) in [5.74, 6) is 0. The summed E-state index contributed by atoms with van der Waals surface area (Å²) < 4.78 is 0. The van der Waals surface area contributed by atoms with Crippen LogP contribution in [0.4, 0.5) is 0 Å². The van der Waals surface area contributed by atoms with Crippen molar-refractivity contribution in [2.75, 3.05) is 13.2 Å². The van der Waals surface area contributed by atoms with Crippen molar-refractivity contribution in [3.63, 3.8) is 0 Å². The quantitative estimate of drug-likeness (QED) is 0.654. The molecule has 0 aromatic heterocycles. The van der Waals surface area contributed by atoms with E-state index in [0.29, 0.717) is 6.42 Å². The van der Waals surface area contributed by atoms with Crippen molar-refractivity contribution < 1.29 is 5.11 Å². The van der Waals surface area contributed by atoms with E-state index in [0.717, 1.165) is 13.0 Å². The van der Waals surface area contributed by atoms with Crippen LogP contribution in [0.3, 0.4) is 0 Å². The van der Waals surface area contributed by atoms with Crippen LogP contribution in [0, 0.1) is 16.7 Å². The molecule has 0 unspecified atom stereocenters. The lowest BCUT2D eigenvalue weighted by molar-refractivity contribution is 0.228. The number of hydrogen-bond donors (Lipinski definition) is 2. The van der Waals surface area contributed by atoms with Crippen molar-refractivity contribution in [1.29, 1.82) is 5.26 Å². The predicted octanol–water partition coefficient (Wildman–Crippen LogP) is 1.29. The molecule has 3 nitrogen and oxygen atoms in total. The van der Waals surface area contributed by atoms with Crippen LogP contribution in [0.1, 0.15) is 33.6 Å². The Hall–Kier alpha value is -0.590. The molecular weight excluding hydrogens is 164 g/mol. The van der Waals surface area contributed by atoms with Gasteiger partial charge in [0, 0.05) is 19.0 Å². The van der Waals surface area contributed by atoms with Gasteiger partial charge in [0.15, 0.2) is 0 Å². The molecule has 0 fully saturated rings. The summed E-state index contributed by atoms with van der Waals surface area (Å²) in [7, 11) is 0. The molecular formula is C10H20N2O. The third-order valence-corrected chi connectivity index (χ3v) is 2.12. The van der Waals surface area contributed by atoms with Crippen LogP contribution in [0.25, 0.3) is 0 Å². The summed E-state index contributed by atoms with van der Waals surface area (Å²) in [6.07, 6.45) is 1.50. The Bertz CT molecular complexity index is 172. The minimum atomic E-state index is 0.138. The van der Waals surface area contributed by atoms with Gasteiger partial charge in [-0.25, -0.2) is 0 Å². The monoisotopic (exact) mass is 184 g/mol. The van der Waals surface area contributed by atoms with E-state index in [-0.39, 0.29) is 18.1 Å². The molecule has 1 atom stereocenters. The predicted molar refractivity (Wildman–Crippen MR) is 53.2 cm³/mol. The lowest BCUT2D eigenvalue weighted by Gasteiger charge is -2.25. The normalized spacial score (nSPS) is 13.8. The van der Waals surface area contributed by atoms with E-state index in [1.807, 2.05) is 6.92 Å². The number of aliphatic hydroxyl groups is 1. The summed E-state index contributed by atoms with van der Waals surface area (Å²) in [5.41, 5.74) is 0.138. The highest BCUT2D eigenvalue weighted by Crippen LogP contribution is 2.20. The lowest BCUT2D eigenvalue weighted by atomic mass is 9.88. The minimum absolute atomic E-state index is 0.138. The fraction of sp³-hybridized carbons (Fsp3) is 0.900. The molecule has 0 aromatic carbocycles. The molecule has 3 heteroatoms. The molecule has 0 rings (SSSR count). The molecule has 0 aromatic rings. The van der Waals surface area contributed by atoms with Crippen molar-refractivity contribution >= 4 is 0 Å². The zero-order valence-electron chi connectivity index (χ0n) is 8.80. The Kier molecular flexibility index (Phi) is 5.68. The summed E-state index contributed by atoms with van der Waals surface area (Å²) in [4.78, 5) is 0. The molecule has 0 aliphatic carbocycles. The summed E-state index contributed by atoms with van der Waals surface area (Å²) in [6.45, 7) is 7.20. The Morgan fingerprint density at radius 2 is 2.15 bits per heavy atom. The van der Waals surface area contributed by atoms with Gasteiger partial charge in [-0.1, -0.05) is 13.8 Å². The van der Waals surface area contributed by atoms with Crippen LogP contribution in [0.2, 0.25) is 0 Å². The lowest BCUT2D eigenvalue weighted by Crippen LogP contribution is -2.37. The largest absolute Gasteiger partial charge is 0.395 e. The fourth-order valence-corrected chi connectivity index (χ4v) is 0.998. The van der Waals surface area contributed by atoms with Gasteiger partial charge < -0.3 is 10.4 Å². The molecule has 13 heavy (non-hydrogen) atoms. The first-order chi connectivity index (χ1) is 6.02. The molecule has 0 heterocycles. The minimum Gasteiger partial charge on any atom is -0.395 e. The van der Waals surface area contributed by atoms with Gasteiger partial charge in [0.2, 0.25) is 0 Å². The molecule has 2 N–H and O–H groups in total. The maximum Gasteiger partial charge on any atom is 0.0621 e. The SMILES string of the molecule is C[C@@H](CO)NCC(C)(C)CCC#N. The van der Waals surface area contributed by atoms with Crippen molar-refractivity contribution in [3.05, 3.63) is 0 Å². The first-order valence-electron chi connectivity index (χ1n) is 4.73. The molecule has 0 aliphatic rings.